The monoisotopic (exact) mass is 164 g/mol. The van der Waals surface area contributed by atoms with E-state index >= 15 is 0 Å². The molecule has 0 unspecified atom stereocenters. The minimum Gasteiger partial charge on any atom is -0.383 e. The molecule has 2 rings (SSSR count). The predicted molar refractivity (Wildman–Crippen MR) is 44.4 cm³/mol. The predicted octanol–water partition coefficient (Wildman–Crippen LogP) is 1.24. The summed E-state index contributed by atoms with van der Waals surface area (Å²) in [5.74, 6) is 0. The number of hydrogen-bond donors (Lipinski definition) is 1. The van der Waals surface area contributed by atoms with Gasteiger partial charge in [0, 0.05) is 12.4 Å². The van der Waals surface area contributed by atoms with Gasteiger partial charge in [-0.15, -0.1) is 0 Å². The van der Waals surface area contributed by atoms with Gasteiger partial charge >= 0.3 is 0 Å². The summed E-state index contributed by atoms with van der Waals surface area (Å²) in [6.07, 6.45) is 8.75. The third kappa shape index (κ3) is 1.20. The molecule has 1 aliphatic rings. The van der Waals surface area contributed by atoms with Crippen molar-refractivity contribution < 1.29 is 5.11 Å². The van der Waals surface area contributed by atoms with Gasteiger partial charge in [0.05, 0.1) is 11.9 Å². The molecule has 0 aromatic carbocycles. The third-order valence-corrected chi connectivity index (χ3v) is 2.47. The van der Waals surface area contributed by atoms with Crippen LogP contribution >= 0.6 is 0 Å². The molecule has 1 heterocycles. The van der Waals surface area contributed by atoms with E-state index < -0.39 is 5.60 Å². The van der Waals surface area contributed by atoms with E-state index in [0.717, 1.165) is 31.4 Å². The molecule has 64 valence electrons. The largest absolute Gasteiger partial charge is 0.383 e. The first-order valence-electron chi connectivity index (χ1n) is 4.30. The Morgan fingerprint density at radius 3 is 2.58 bits per heavy atom. The highest BCUT2D eigenvalue weighted by Gasteiger charge is 2.34. The Balaban J connectivity index is 2.29. The zero-order chi connectivity index (χ0) is 8.44. The lowest BCUT2D eigenvalue weighted by Gasteiger charge is -2.20. The first-order valence-corrected chi connectivity index (χ1v) is 4.30. The van der Waals surface area contributed by atoms with Crippen LogP contribution in [0.3, 0.4) is 0 Å². The zero-order valence-electron chi connectivity index (χ0n) is 6.90. The summed E-state index contributed by atoms with van der Waals surface area (Å²) in [4.78, 5) is 8.07. The lowest BCUT2D eigenvalue weighted by Crippen LogP contribution is -2.22. The van der Waals surface area contributed by atoms with Crippen molar-refractivity contribution in [3.8, 4) is 0 Å². The summed E-state index contributed by atoms with van der Waals surface area (Å²) in [6.45, 7) is 0. The van der Waals surface area contributed by atoms with Crippen molar-refractivity contribution in [1.29, 1.82) is 0 Å². The summed E-state index contributed by atoms with van der Waals surface area (Å²) < 4.78 is 0. The minimum atomic E-state index is -0.686. The maximum Gasteiger partial charge on any atom is 0.108 e. The minimum absolute atomic E-state index is 0.686. The Morgan fingerprint density at radius 1 is 1.25 bits per heavy atom. The number of nitrogens with zero attached hydrogens (tertiary/aromatic N) is 2. The van der Waals surface area contributed by atoms with E-state index in [1.165, 1.54) is 0 Å². The fourth-order valence-electron chi connectivity index (χ4n) is 1.76. The highest BCUT2D eigenvalue weighted by atomic mass is 16.3. The van der Waals surface area contributed by atoms with Crippen molar-refractivity contribution in [3.05, 3.63) is 24.3 Å². The van der Waals surface area contributed by atoms with Crippen LogP contribution in [0.15, 0.2) is 18.6 Å². The Bertz CT molecular complexity index is 254. The van der Waals surface area contributed by atoms with E-state index in [1.54, 1.807) is 18.6 Å². The van der Waals surface area contributed by atoms with Gasteiger partial charge in [0.2, 0.25) is 0 Å². The van der Waals surface area contributed by atoms with E-state index in [4.69, 9.17) is 0 Å². The lowest BCUT2D eigenvalue weighted by molar-refractivity contribution is 0.0395. The summed E-state index contributed by atoms with van der Waals surface area (Å²) in [5.41, 5.74) is 0.0383. The molecule has 0 amide bonds. The van der Waals surface area contributed by atoms with Crippen LogP contribution in [0.2, 0.25) is 0 Å². The molecule has 1 aromatic heterocycles. The van der Waals surface area contributed by atoms with Crippen molar-refractivity contribution in [2.75, 3.05) is 0 Å². The standard InChI is InChI=1S/C9H12N2O/c12-9(3-1-2-4-9)8-7-10-5-6-11-8/h5-7,12H,1-4H2. The molecule has 1 aliphatic carbocycles. The second-order valence-corrected chi connectivity index (χ2v) is 3.33. The van der Waals surface area contributed by atoms with Gasteiger partial charge < -0.3 is 5.11 Å². The Morgan fingerprint density at radius 2 is 2.00 bits per heavy atom. The molecular formula is C9H12N2O. The molecule has 3 heteroatoms. The summed E-state index contributed by atoms with van der Waals surface area (Å²) in [5, 5.41) is 10.1. The van der Waals surface area contributed by atoms with Crippen LogP contribution in [0.1, 0.15) is 31.4 Å². The van der Waals surface area contributed by atoms with Gasteiger partial charge in [0.25, 0.3) is 0 Å². The van der Waals surface area contributed by atoms with Crippen molar-refractivity contribution in [1.82, 2.24) is 9.97 Å². The van der Waals surface area contributed by atoms with E-state index in [9.17, 15) is 5.11 Å². The Labute approximate surface area is 71.5 Å². The normalized spacial score (nSPS) is 21.1. The fourth-order valence-corrected chi connectivity index (χ4v) is 1.76. The molecule has 0 bridgehead atoms. The van der Waals surface area contributed by atoms with E-state index in [1.807, 2.05) is 0 Å². The topological polar surface area (TPSA) is 46.0 Å². The Kier molecular flexibility index (Phi) is 1.81. The van der Waals surface area contributed by atoms with Gasteiger partial charge in [0.15, 0.2) is 0 Å². The van der Waals surface area contributed by atoms with Crippen LogP contribution < -0.4 is 0 Å². The molecule has 12 heavy (non-hydrogen) atoms. The van der Waals surface area contributed by atoms with Crippen molar-refractivity contribution in [3.63, 3.8) is 0 Å². The Hall–Kier alpha value is -0.960. The number of aromatic nitrogens is 2. The van der Waals surface area contributed by atoms with Gasteiger partial charge in [-0.05, 0) is 12.8 Å². The second-order valence-electron chi connectivity index (χ2n) is 3.33. The van der Waals surface area contributed by atoms with Crippen LogP contribution in [0.5, 0.6) is 0 Å². The fraction of sp³-hybridized carbons (Fsp3) is 0.556. The molecule has 1 fully saturated rings. The first kappa shape index (κ1) is 7.68. The molecule has 1 saturated carbocycles. The molecule has 0 spiro atoms. The van der Waals surface area contributed by atoms with Crippen molar-refractivity contribution in [2.24, 2.45) is 0 Å². The van der Waals surface area contributed by atoms with E-state index in [-0.39, 0.29) is 0 Å². The van der Waals surface area contributed by atoms with Gasteiger partial charge in [-0.1, -0.05) is 12.8 Å². The second kappa shape index (κ2) is 2.83. The SMILES string of the molecule is OC1(c2cnccn2)CCCC1. The molecule has 0 atom stereocenters. The van der Waals surface area contributed by atoms with Gasteiger partial charge in [-0.3, -0.25) is 9.97 Å². The van der Waals surface area contributed by atoms with Crippen LogP contribution in [0.4, 0.5) is 0 Å². The highest BCUT2D eigenvalue weighted by molar-refractivity contribution is 5.09. The summed E-state index contributed by atoms with van der Waals surface area (Å²) >= 11 is 0. The summed E-state index contributed by atoms with van der Waals surface area (Å²) in [7, 11) is 0. The number of aliphatic hydroxyl groups is 1. The van der Waals surface area contributed by atoms with Crippen molar-refractivity contribution >= 4 is 0 Å². The van der Waals surface area contributed by atoms with Crippen LogP contribution in [0.25, 0.3) is 0 Å². The van der Waals surface area contributed by atoms with Gasteiger partial charge in [-0.25, -0.2) is 0 Å². The molecular weight excluding hydrogens is 152 g/mol. The molecule has 1 aromatic rings. The molecule has 0 saturated heterocycles. The molecule has 3 nitrogen and oxygen atoms in total. The lowest BCUT2D eigenvalue weighted by atomic mass is 9.99. The maximum absolute atomic E-state index is 10.1. The highest BCUT2D eigenvalue weighted by Crippen LogP contribution is 2.36. The smallest absolute Gasteiger partial charge is 0.108 e. The van der Waals surface area contributed by atoms with Crippen LogP contribution in [0, 0.1) is 0 Å². The van der Waals surface area contributed by atoms with Gasteiger partial charge in [-0.2, -0.15) is 0 Å². The van der Waals surface area contributed by atoms with Crippen molar-refractivity contribution in [2.45, 2.75) is 31.3 Å². The quantitative estimate of drug-likeness (QED) is 0.679. The number of hydrogen-bond acceptors (Lipinski definition) is 3. The average Bonchev–Trinajstić information content (AvgIpc) is 2.55. The van der Waals surface area contributed by atoms with E-state index in [2.05, 4.69) is 9.97 Å². The molecule has 0 radical (unpaired) electrons. The average molecular weight is 164 g/mol. The maximum atomic E-state index is 10.1. The summed E-state index contributed by atoms with van der Waals surface area (Å²) in [6, 6.07) is 0. The third-order valence-electron chi connectivity index (χ3n) is 2.47. The first-order chi connectivity index (χ1) is 5.81. The van der Waals surface area contributed by atoms with E-state index in [0.29, 0.717) is 0 Å². The molecule has 1 N–H and O–H groups in total. The van der Waals surface area contributed by atoms with Crippen LogP contribution in [-0.2, 0) is 5.60 Å². The number of rotatable bonds is 1. The van der Waals surface area contributed by atoms with Crippen LogP contribution in [-0.4, -0.2) is 15.1 Å². The molecule has 0 aliphatic heterocycles. The zero-order valence-corrected chi connectivity index (χ0v) is 6.90. The van der Waals surface area contributed by atoms with Gasteiger partial charge in [0.1, 0.15) is 5.60 Å².